The molecule has 2 aliphatic heterocycles. The Morgan fingerprint density at radius 3 is 2.42 bits per heavy atom. The fourth-order valence-corrected chi connectivity index (χ4v) is 6.17. The zero-order valence-electron chi connectivity index (χ0n) is 22.1. The van der Waals surface area contributed by atoms with Gasteiger partial charge in [0.15, 0.2) is 5.13 Å². The Bertz CT molecular complexity index is 1090. The fourth-order valence-electron chi connectivity index (χ4n) is 4.98. The molecule has 2 aliphatic rings. The summed E-state index contributed by atoms with van der Waals surface area (Å²) in [5.41, 5.74) is 1.50. The number of anilines is 1. The largest absolute Gasteiger partial charge is 0.480 e. The first-order valence-electron chi connectivity index (χ1n) is 13.4. The first-order valence-corrected chi connectivity index (χ1v) is 14.2. The van der Waals surface area contributed by atoms with E-state index in [2.05, 4.69) is 25.8 Å². The molecule has 1 aromatic heterocycles. The van der Waals surface area contributed by atoms with Gasteiger partial charge in [0, 0.05) is 51.9 Å². The summed E-state index contributed by atoms with van der Waals surface area (Å²) in [5, 5.41) is 19.1. The van der Waals surface area contributed by atoms with Crippen molar-refractivity contribution in [2.45, 2.75) is 51.1 Å². The second-order valence-electron chi connectivity index (χ2n) is 10.2. The summed E-state index contributed by atoms with van der Waals surface area (Å²) in [6.45, 7) is 9.85. The molecule has 206 valence electrons. The van der Waals surface area contributed by atoms with Crippen LogP contribution in [-0.4, -0.2) is 90.7 Å². The minimum atomic E-state index is -1.23. The normalized spacial score (nSPS) is 17.8. The van der Waals surface area contributed by atoms with Crippen molar-refractivity contribution in [3.8, 4) is 0 Å². The third-order valence-electron chi connectivity index (χ3n) is 7.11. The van der Waals surface area contributed by atoms with E-state index in [9.17, 15) is 19.5 Å². The molecule has 0 radical (unpaired) electrons. The van der Waals surface area contributed by atoms with Crippen LogP contribution in [0, 0.1) is 0 Å². The molecule has 10 nitrogen and oxygen atoms in total. The van der Waals surface area contributed by atoms with Crippen LogP contribution >= 0.6 is 11.3 Å². The number of aromatic nitrogens is 1. The smallest absolute Gasteiger partial charge is 0.328 e. The van der Waals surface area contributed by atoms with Gasteiger partial charge in [-0.2, -0.15) is 0 Å². The average molecular weight is 543 g/mol. The molecule has 0 aliphatic carbocycles. The first kappa shape index (κ1) is 28.0. The average Bonchev–Trinajstić information content (AvgIpc) is 3.38. The number of carbonyl (C=O) groups excluding carboxylic acids is 2. The number of hydrogen-bond donors (Lipinski definition) is 4. The number of carboxylic acid groups (broad SMARTS) is 1. The summed E-state index contributed by atoms with van der Waals surface area (Å²) in [7, 11) is 0. The number of amides is 2. The van der Waals surface area contributed by atoms with Crippen LogP contribution in [0.5, 0.6) is 0 Å². The second kappa shape index (κ2) is 13.2. The quantitative estimate of drug-likeness (QED) is 0.357. The van der Waals surface area contributed by atoms with Gasteiger partial charge in [-0.05, 0) is 24.3 Å². The molecule has 11 heteroatoms. The predicted octanol–water partition coefficient (Wildman–Crippen LogP) is 1.68. The van der Waals surface area contributed by atoms with Crippen LogP contribution in [0.25, 0.3) is 0 Å². The Labute approximate surface area is 227 Å². The van der Waals surface area contributed by atoms with Gasteiger partial charge in [0.1, 0.15) is 10.9 Å². The number of piperidine rings is 1. The number of nitrogens with zero attached hydrogens (tertiary/aromatic N) is 3. The van der Waals surface area contributed by atoms with Crippen LogP contribution in [0.4, 0.5) is 5.13 Å². The molecule has 3 heterocycles. The summed E-state index contributed by atoms with van der Waals surface area (Å²) in [5.74, 6) is -1.94. The van der Waals surface area contributed by atoms with E-state index < -0.39 is 17.9 Å². The maximum atomic E-state index is 13.2. The number of carboxylic acids is 1. The fraction of sp³-hybridized carbons (Fsp3) is 0.556. The summed E-state index contributed by atoms with van der Waals surface area (Å²) in [4.78, 5) is 47.5. The van der Waals surface area contributed by atoms with E-state index in [1.54, 1.807) is 12.1 Å². The number of nitrogens with one attached hydrogen (secondary N) is 3. The summed E-state index contributed by atoms with van der Waals surface area (Å²) in [6.07, 6.45) is 2.21. The van der Waals surface area contributed by atoms with Crippen molar-refractivity contribution in [2.24, 2.45) is 0 Å². The van der Waals surface area contributed by atoms with Gasteiger partial charge in [-0.25, -0.2) is 9.78 Å². The highest BCUT2D eigenvalue weighted by molar-refractivity contribution is 7.17. The topological polar surface area (TPSA) is 127 Å². The van der Waals surface area contributed by atoms with Crippen LogP contribution < -0.4 is 20.9 Å². The lowest BCUT2D eigenvalue weighted by Crippen LogP contribution is -2.52. The summed E-state index contributed by atoms with van der Waals surface area (Å²) >= 11 is 1.36. The van der Waals surface area contributed by atoms with Gasteiger partial charge in [0.25, 0.3) is 5.91 Å². The molecule has 0 spiro atoms. The molecule has 2 aromatic rings. The van der Waals surface area contributed by atoms with Crippen molar-refractivity contribution < 1.29 is 19.5 Å². The number of thiazole rings is 1. The van der Waals surface area contributed by atoms with Gasteiger partial charge < -0.3 is 26.0 Å². The lowest BCUT2D eigenvalue weighted by atomic mass is 10.0. The Balaban J connectivity index is 1.35. The van der Waals surface area contributed by atoms with E-state index in [1.165, 1.54) is 11.3 Å². The third-order valence-corrected chi connectivity index (χ3v) is 8.24. The van der Waals surface area contributed by atoms with Crippen LogP contribution in [0.1, 0.15) is 53.5 Å². The van der Waals surface area contributed by atoms with Gasteiger partial charge in [-0.15, -0.1) is 0 Å². The molecular weight excluding hydrogens is 504 g/mol. The molecule has 1 aromatic carbocycles. The van der Waals surface area contributed by atoms with Crippen molar-refractivity contribution in [2.75, 3.05) is 50.7 Å². The maximum Gasteiger partial charge on any atom is 0.328 e. The van der Waals surface area contributed by atoms with Crippen LogP contribution in [0.15, 0.2) is 30.3 Å². The molecule has 1 atom stereocenters. The van der Waals surface area contributed by atoms with Gasteiger partial charge in [0.2, 0.25) is 5.91 Å². The first-order chi connectivity index (χ1) is 18.3. The third kappa shape index (κ3) is 7.30. The Morgan fingerprint density at radius 1 is 1.11 bits per heavy atom. The van der Waals surface area contributed by atoms with E-state index in [1.807, 2.05) is 32.0 Å². The van der Waals surface area contributed by atoms with Gasteiger partial charge in [-0.1, -0.05) is 55.5 Å². The van der Waals surface area contributed by atoms with Crippen LogP contribution in [0.3, 0.4) is 0 Å². The lowest BCUT2D eigenvalue weighted by molar-refractivity contribution is -0.141. The minimum Gasteiger partial charge on any atom is -0.480 e. The molecule has 38 heavy (non-hydrogen) atoms. The molecule has 0 saturated carbocycles. The van der Waals surface area contributed by atoms with Gasteiger partial charge in [-0.3, -0.25) is 14.5 Å². The molecule has 2 saturated heterocycles. The highest BCUT2D eigenvalue weighted by Crippen LogP contribution is 2.33. The van der Waals surface area contributed by atoms with E-state index in [0.717, 1.165) is 62.8 Å². The van der Waals surface area contributed by atoms with Gasteiger partial charge in [0.05, 0.1) is 12.1 Å². The van der Waals surface area contributed by atoms with E-state index >= 15 is 0 Å². The highest BCUT2D eigenvalue weighted by Gasteiger charge is 2.29. The predicted molar refractivity (Wildman–Crippen MR) is 148 cm³/mol. The molecule has 4 N–H and O–H groups in total. The summed E-state index contributed by atoms with van der Waals surface area (Å²) < 4.78 is 0. The maximum absolute atomic E-state index is 13.2. The van der Waals surface area contributed by atoms with Crippen molar-refractivity contribution in [3.05, 3.63) is 46.5 Å². The SMILES string of the molecule is CC(C)c1nc(N2CCC(N3CCNCC3)CC2)sc1C(=O)NCC(NC(=O)Cc1ccccc1)C(=O)O. The van der Waals surface area contributed by atoms with Crippen LogP contribution in [-0.2, 0) is 16.0 Å². The molecule has 1 unspecified atom stereocenters. The lowest BCUT2D eigenvalue weighted by Gasteiger charge is -2.40. The number of aliphatic carboxylic acids is 1. The molecular formula is C27H38N6O4S. The van der Waals surface area contributed by atoms with Crippen LogP contribution in [0.2, 0.25) is 0 Å². The number of benzene rings is 1. The van der Waals surface area contributed by atoms with Crippen molar-refractivity contribution >= 4 is 34.3 Å². The number of carbonyl (C=O) groups is 3. The van der Waals surface area contributed by atoms with Crippen molar-refractivity contribution in [1.29, 1.82) is 0 Å². The molecule has 2 amide bonds. The highest BCUT2D eigenvalue weighted by atomic mass is 32.1. The Kier molecular flexibility index (Phi) is 9.70. The minimum absolute atomic E-state index is 0.0417. The van der Waals surface area contributed by atoms with E-state index in [-0.39, 0.29) is 24.8 Å². The molecule has 0 bridgehead atoms. The Hall–Kier alpha value is -3.02. The zero-order chi connectivity index (χ0) is 27.1. The summed E-state index contributed by atoms with van der Waals surface area (Å²) in [6, 6.07) is 8.46. The monoisotopic (exact) mass is 542 g/mol. The Morgan fingerprint density at radius 2 is 1.79 bits per heavy atom. The zero-order valence-corrected chi connectivity index (χ0v) is 22.9. The number of rotatable bonds is 10. The van der Waals surface area contributed by atoms with Gasteiger partial charge >= 0.3 is 5.97 Å². The van der Waals surface area contributed by atoms with E-state index in [4.69, 9.17) is 4.98 Å². The van der Waals surface area contributed by atoms with Crippen molar-refractivity contribution in [3.63, 3.8) is 0 Å². The second-order valence-corrected chi connectivity index (χ2v) is 11.2. The molecule has 4 rings (SSSR count). The number of piperazine rings is 1. The number of hydrogen-bond acceptors (Lipinski definition) is 8. The van der Waals surface area contributed by atoms with E-state index in [0.29, 0.717) is 16.6 Å². The standard InChI is InChI=1S/C27H38N6O4S/c1-18(2)23-24(38-27(31-23)33-12-8-20(9-13-33)32-14-10-28-11-15-32)25(35)29-17-21(26(36)37)30-22(34)16-19-6-4-3-5-7-19/h3-7,18,20-21,28H,8-17H2,1-2H3,(H,29,35)(H,30,34)(H,36,37). The van der Waals surface area contributed by atoms with Crippen molar-refractivity contribution in [1.82, 2.24) is 25.8 Å². The molecule has 2 fully saturated rings.